The molecule has 0 radical (unpaired) electrons. The first-order valence-electron chi connectivity index (χ1n) is 7.45. The molecular formula is C17H19N3O2. The van der Waals surface area contributed by atoms with Crippen LogP contribution in [0.5, 0.6) is 0 Å². The van der Waals surface area contributed by atoms with Gasteiger partial charge in [0.15, 0.2) is 0 Å². The molecule has 1 saturated heterocycles. The molecule has 2 aromatic rings. The van der Waals surface area contributed by atoms with E-state index in [2.05, 4.69) is 21.9 Å². The van der Waals surface area contributed by atoms with E-state index >= 15 is 0 Å². The van der Waals surface area contributed by atoms with Crippen molar-refractivity contribution in [3.05, 3.63) is 47.9 Å². The fourth-order valence-corrected chi connectivity index (χ4v) is 2.94. The second kappa shape index (κ2) is 6.23. The number of rotatable bonds is 4. The Bertz CT molecular complexity index is 687. The molecule has 1 aromatic carbocycles. The molecule has 0 saturated carbocycles. The van der Waals surface area contributed by atoms with E-state index in [4.69, 9.17) is 5.11 Å². The number of likely N-dealkylation sites (tertiary alicyclic amines) is 1. The minimum Gasteiger partial charge on any atom is -0.478 e. The van der Waals surface area contributed by atoms with Gasteiger partial charge < -0.3 is 10.0 Å². The summed E-state index contributed by atoms with van der Waals surface area (Å²) in [7, 11) is 2.14. The van der Waals surface area contributed by atoms with Gasteiger partial charge in [-0.1, -0.05) is 12.1 Å². The number of hydrogen-bond donors (Lipinski definition) is 1. The number of carboxylic acids is 1. The summed E-state index contributed by atoms with van der Waals surface area (Å²) >= 11 is 0. The highest BCUT2D eigenvalue weighted by Gasteiger charge is 2.20. The van der Waals surface area contributed by atoms with E-state index in [0.717, 1.165) is 36.5 Å². The van der Waals surface area contributed by atoms with E-state index in [9.17, 15) is 4.79 Å². The van der Waals surface area contributed by atoms with Crippen LogP contribution in [0.25, 0.3) is 11.3 Å². The van der Waals surface area contributed by atoms with Crippen LogP contribution in [0.3, 0.4) is 0 Å². The summed E-state index contributed by atoms with van der Waals surface area (Å²) in [6.07, 6.45) is 5.61. The number of carbonyl (C=O) groups is 1. The lowest BCUT2D eigenvalue weighted by Crippen LogP contribution is -2.15. The van der Waals surface area contributed by atoms with E-state index in [1.165, 1.54) is 6.42 Å². The van der Waals surface area contributed by atoms with E-state index in [0.29, 0.717) is 5.92 Å². The summed E-state index contributed by atoms with van der Waals surface area (Å²) in [5, 5.41) is 9.08. The molecule has 0 spiro atoms. The molecule has 1 aliphatic heterocycles. The van der Waals surface area contributed by atoms with Gasteiger partial charge >= 0.3 is 5.97 Å². The molecule has 3 rings (SSSR count). The van der Waals surface area contributed by atoms with Crippen LogP contribution in [0, 0.1) is 5.92 Å². The molecule has 1 aliphatic rings. The van der Waals surface area contributed by atoms with Crippen molar-refractivity contribution < 1.29 is 9.90 Å². The van der Waals surface area contributed by atoms with Crippen molar-refractivity contribution in [1.82, 2.24) is 14.9 Å². The van der Waals surface area contributed by atoms with Crippen LogP contribution < -0.4 is 0 Å². The number of benzene rings is 1. The Morgan fingerprint density at radius 2 is 2.27 bits per heavy atom. The summed E-state index contributed by atoms with van der Waals surface area (Å²) in [5.41, 5.74) is 2.75. The van der Waals surface area contributed by atoms with Gasteiger partial charge in [0.2, 0.25) is 0 Å². The minimum atomic E-state index is -0.931. The Kier molecular flexibility index (Phi) is 4.15. The van der Waals surface area contributed by atoms with Gasteiger partial charge in [0.1, 0.15) is 0 Å². The molecule has 1 N–H and O–H groups in total. The van der Waals surface area contributed by atoms with Gasteiger partial charge in [-0.05, 0) is 44.5 Å². The lowest BCUT2D eigenvalue weighted by atomic mass is 10.0. The van der Waals surface area contributed by atoms with E-state index < -0.39 is 5.97 Å². The third kappa shape index (κ3) is 3.31. The molecule has 5 heteroatoms. The molecule has 22 heavy (non-hydrogen) atoms. The van der Waals surface area contributed by atoms with Crippen LogP contribution in [0.2, 0.25) is 0 Å². The fraction of sp³-hybridized carbons (Fsp3) is 0.353. The second-order valence-electron chi connectivity index (χ2n) is 5.90. The molecule has 1 unspecified atom stereocenters. The van der Waals surface area contributed by atoms with Crippen LogP contribution in [0.1, 0.15) is 22.5 Å². The SMILES string of the molecule is CN1CCC(Cc2cncc(-c3cccc(C(=O)O)c3)n2)C1. The zero-order chi connectivity index (χ0) is 15.5. The monoisotopic (exact) mass is 297 g/mol. The summed E-state index contributed by atoms with van der Waals surface area (Å²) in [5.74, 6) is -0.306. The second-order valence-corrected chi connectivity index (χ2v) is 5.90. The molecule has 1 aromatic heterocycles. The van der Waals surface area contributed by atoms with Crippen LogP contribution in [-0.2, 0) is 6.42 Å². The largest absolute Gasteiger partial charge is 0.478 e. The first-order chi connectivity index (χ1) is 10.6. The van der Waals surface area contributed by atoms with Gasteiger partial charge in [-0.3, -0.25) is 4.98 Å². The molecule has 114 valence electrons. The van der Waals surface area contributed by atoms with Crippen molar-refractivity contribution in [2.24, 2.45) is 5.92 Å². The Morgan fingerprint density at radius 1 is 1.41 bits per heavy atom. The maximum Gasteiger partial charge on any atom is 0.335 e. The molecular weight excluding hydrogens is 278 g/mol. The minimum absolute atomic E-state index is 0.266. The average Bonchev–Trinajstić information content (AvgIpc) is 2.93. The van der Waals surface area contributed by atoms with Gasteiger partial charge in [-0.15, -0.1) is 0 Å². The highest BCUT2D eigenvalue weighted by atomic mass is 16.4. The van der Waals surface area contributed by atoms with Crippen molar-refractivity contribution in [2.45, 2.75) is 12.8 Å². The van der Waals surface area contributed by atoms with Gasteiger partial charge in [-0.25, -0.2) is 9.78 Å². The molecule has 1 fully saturated rings. The smallest absolute Gasteiger partial charge is 0.335 e. The molecule has 0 aliphatic carbocycles. The molecule has 1 atom stereocenters. The normalized spacial score (nSPS) is 18.5. The number of nitrogens with zero attached hydrogens (tertiary/aromatic N) is 3. The maximum absolute atomic E-state index is 11.1. The number of aromatic nitrogens is 2. The maximum atomic E-state index is 11.1. The Balaban J connectivity index is 1.81. The van der Waals surface area contributed by atoms with Gasteiger partial charge in [0.25, 0.3) is 0 Å². The third-order valence-corrected chi connectivity index (χ3v) is 4.08. The summed E-state index contributed by atoms with van der Waals surface area (Å²) in [4.78, 5) is 22.3. The van der Waals surface area contributed by atoms with E-state index in [1.54, 1.807) is 24.4 Å². The summed E-state index contributed by atoms with van der Waals surface area (Å²) in [6.45, 7) is 2.23. The lowest BCUT2D eigenvalue weighted by molar-refractivity contribution is 0.0697. The van der Waals surface area contributed by atoms with Crippen molar-refractivity contribution in [2.75, 3.05) is 20.1 Å². The van der Waals surface area contributed by atoms with E-state index in [1.807, 2.05) is 12.3 Å². The summed E-state index contributed by atoms with van der Waals surface area (Å²) in [6, 6.07) is 6.82. The molecule has 0 amide bonds. The van der Waals surface area contributed by atoms with Crippen LogP contribution in [0.4, 0.5) is 0 Å². The van der Waals surface area contributed by atoms with Gasteiger partial charge in [-0.2, -0.15) is 0 Å². The van der Waals surface area contributed by atoms with Crippen molar-refractivity contribution in [1.29, 1.82) is 0 Å². The number of aromatic carboxylic acids is 1. The Morgan fingerprint density at radius 3 is 3.00 bits per heavy atom. The predicted molar refractivity (Wildman–Crippen MR) is 83.7 cm³/mol. The van der Waals surface area contributed by atoms with Crippen molar-refractivity contribution in [3.63, 3.8) is 0 Å². The highest BCUT2D eigenvalue weighted by Crippen LogP contribution is 2.21. The average molecular weight is 297 g/mol. The van der Waals surface area contributed by atoms with Crippen LogP contribution >= 0.6 is 0 Å². The zero-order valence-electron chi connectivity index (χ0n) is 12.6. The lowest BCUT2D eigenvalue weighted by Gasteiger charge is -2.10. The molecule has 2 heterocycles. The van der Waals surface area contributed by atoms with Crippen LogP contribution in [0.15, 0.2) is 36.7 Å². The quantitative estimate of drug-likeness (QED) is 0.938. The van der Waals surface area contributed by atoms with Crippen molar-refractivity contribution in [3.8, 4) is 11.3 Å². The Hall–Kier alpha value is -2.27. The van der Waals surface area contributed by atoms with Crippen LogP contribution in [-0.4, -0.2) is 46.1 Å². The fourth-order valence-electron chi connectivity index (χ4n) is 2.94. The van der Waals surface area contributed by atoms with Crippen molar-refractivity contribution >= 4 is 5.97 Å². The molecule has 0 bridgehead atoms. The Labute approximate surface area is 129 Å². The summed E-state index contributed by atoms with van der Waals surface area (Å²) < 4.78 is 0. The highest BCUT2D eigenvalue weighted by molar-refractivity contribution is 5.89. The topological polar surface area (TPSA) is 66.3 Å². The standard InChI is InChI=1S/C17H19N3O2/c1-20-6-5-12(11-20)7-15-9-18-10-16(19-15)13-3-2-4-14(8-13)17(21)22/h2-4,8-10,12H,5-7,11H2,1H3,(H,21,22). The first kappa shape index (κ1) is 14.7. The number of hydrogen-bond acceptors (Lipinski definition) is 4. The molecule has 5 nitrogen and oxygen atoms in total. The first-order valence-corrected chi connectivity index (χ1v) is 7.45. The van der Waals surface area contributed by atoms with Gasteiger partial charge in [0.05, 0.1) is 23.1 Å². The number of carboxylic acid groups (broad SMARTS) is 1. The zero-order valence-corrected chi connectivity index (χ0v) is 12.6. The van der Waals surface area contributed by atoms with Gasteiger partial charge in [0, 0.05) is 18.3 Å². The predicted octanol–water partition coefficient (Wildman–Crippen LogP) is 2.34. The van der Waals surface area contributed by atoms with E-state index in [-0.39, 0.29) is 5.56 Å². The third-order valence-electron chi connectivity index (χ3n) is 4.08.